The molecule has 104 valence electrons. The maximum absolute atomic E-state index is 10.8. The summed E-state index contributed by atoms with van der Waals surface area (Å²) in [6.07, 6.45) is 0. The number of nitro groups is 1. The predicted octanol–water partition coefficient (Wildman–Crippen LogP) is 5.09. The van der Waals surface area contributed by atoms with E-state index in [-0.39, 0.29) is 11.6 Å². The topological polar surface area (TPSA) is 52.4 Å². The van der Waals surface area contributed by atoms with E-state index in [2.05, 4.69) is 0 Å². The van der Waals surface area contributed by atoms with E-state index in [1.54, 1.807) is 25.1 Å². The quantitative estimate of drug-likeness (QED) is 0.449. The molecule has 2 aromatic carbocycles. The molecule has 0 amide bonds. The van der Waals surface area contributed by atoms with Crippen molar-refractivity contribution in [3.8, 4) is 11.5 Å². The minimum absolute atomic E-state index is 0.0501. The number of aryl methyl sites for hydroxylation is 1. The molecule has 2 aromatic rings. The number of nitro benzene ring substituents is 1. The summed E-state index contributed by atoms with van der Waals surface area (Å²) in [7, 11) is 0. The summed E-state index contributed by atoms with van der Waals surface area (Å²) in [4.78, 5) is 10.3. The van der Waals surface area contributed by atoms with Crippen LogP contribution >= 0.6 is 23.2 Å². The van der Waals surface area contributed by atoms with E-state index in [0.29, 0.717) is 22.1 Å². The first-order valence-corrected chi connectivity index (χ1v) is 6.70. The Hall–Kier alpha value is -1.78. The summed E-state index contributed by atoms with van der Waals surface area (Å²) in [5, 5.41) is 11.2. The average Bonchev–Trinajstić information content (AvgIpc) is 2.40. The molecule has 0 saturated carbocycles. The number of ether oxygens (including phenoxy) is 1. The number of rotatable bonds is 4. The smallest absolute Gasteiger partial charge is 0.272 e. The van der Waals surface area contributed by atoms with E-state index in [1.165, 1.54) is 12.1 Å². The van der Waals surface area contributed by atoms with Crippen LogP contribution in [-0.4, -0.2) is 4.92 Å². The lowest BCUT2D eigenvalue weighted by molar-refractivity contribution is -0.385. The number of halogens is 2. The lowest BCUT2D eigenvalue weighted by atomic mass is 10.2. The van der Waals surface area contributed by atoms with Gasteiger partial charge in [-0.3, -0.25) is 10.1 Å². The van der Waals surface area contributed by atoms with Crippen molar-refractivity contribution in [1.82, 2.24) is 0 Å². The molecule has 0 saturated heterocycles. The van der Waals surface area contributed by atoms with Crippen LogP contribution in [0.4, 0.5) is 5.69 Å². The molecule has 0 radical (unpaired) electrons. The van der Waals surface area contributed by atoms with Gasteiger partial charge in [-0.1, -0.05) is 23.7 Å². The van der Waals surface area contributed by atoms with Gasteiger partial charge in [-0.25, -0.2) is 0 Å². The molecule has 0 fully saturated rings. The average molecular weight is 312 g/mol. The van der Waals surface area contributed by atoms with E-state index < -0.39 is 4.92 Å². The van der Waals surface area contributed by atoms with E-state index >= 15 is 0 Å². The number of alkyl halides is 1. The first-order chi connectivity index (χ1) is 9.52. The Morgan fingerprint density at radius 3 is 2.65 bits per heavy atom. The highest BCUT2D eigenvalue weighted by Gasteiger charge is 2.13. The zero-order valence-corrected chi connectivity index (χ0v) is 12.1. The summed E-state index contributed by atoms with van der Waals surface area (Å²) in [6, 6.07) is 9.83. The Labute approximate surface area is 126 Å². The second-order valence-electron chi connectivity index (χ2n) is 4.17. The van der Waals surface area contributed by atoms with Gasteiger partial charge in [0.25, 0.3) is 5.69 Å². The molecule has 0 aliphatic carbocycles. The zero-order valence-electron chi connectivity index (χ0n) is 10.6. The second kappa shape index (κ2) is 6.11. The van der Waals surface area contributed by atoms with Crippen LogP contribution in [0.25, 0.3) is 0 Å². The Morgan fingerprint density at radius 2 is 2.05 bits per heavy atom. The van der Waals surface area contributed by atoms with E-state index in [4.69, 9.17) is 27.9 Å². The molecule has 0 heterocycles. The van der Waals surface area contributed by atoms with Crippen LogP contribution in [0.15, 0.2) is 36.4 Å². The largest absolute Gasteiger partial charge is 0.455 e. The van der Waals surface area contributed by atoms with Crippen molar-refractivity contribution in [3.63, 3.8) is 0 Å². The van der Waals surface area contributed by atoms with Crippen LogP contribution in [0.3, 0.4) is 0 Å². The van der Waals surface area contributed by atoms with Gasteiger partial charge in [-0.05, 0) is 25.1 Å². The van der Waals surface area contributed by atoms with Crippen LogP contribution < -0.4 is 4.74 Å². The van der Waals surface area contributed by atoms with Crippen LogP contribution in [0, 0.1) is 17.0 Å². The minimum atomic E-state index is -0.432. The van der Waals surface area contributed by atoms with Gasteiger partial charge in [-0.2, -0.15) is 0 Å². The first-order valence-electron chi connectivity index (χ1n) is 5.79. The van der Waals surface area contributed by atoms with E-state index in [9.17, 15) is 10.1 Å². The molecule has 0 atom stereocenters. The Kier molecular flexibility index (Phi) is 4.47. The van der Waals surface area contributed by atoms with Crippen LogP contribution in [0.2, 0.25) is 5.02 Å². The molecule has 0 aromatic heterocycles. The van der Waals surface area contributed by atoms with Gasteiger partial charge in [0.2, 0.25) is 0 Å². The third-order valence-electron chi connectivity index (χ3n) is 2.78. The maximum Gasteiger partial charge on any atom is 0.272 e. The van der Waals surface area contributed by atoms with Gasteiger partial charge >= 0.3 is 0 Å². The lowest BCUT2D eigenvalue weighted by Gasteiger charge is -2.11. The number of hydrogen-bond donors (Lipinski definition) is 0. The molecule has 2 rings (SSSR count). The molecule has 0 N–H and O–H groups in total. The van der Waals surface area contributed by atoms with Crippen molar-refractivity contribution in [2.75, 3.05) is 0 Å². The van der Waals surface area contributed by atoms with Crippen molar-refractivity contribution in [2.45, 2.75) is 12.8 Å². The van der Waals surface area contributed by atoms with Crippen molar-refractivity contribution >= 4 is 28.9 Å². The van der Waals surface area contributed by atoms with Gasteiger partial charge in [-0.15, -0.1) is 11.6 Å². The molecule has 6 heteroatoms. The Balaban J connectivity index is 2.36. The fraction of sp³-hybridized carbons (Fsp3) is 0.143. The molecule has 0 aliphatic rings. The van der Waals surface area contributed by atoms with Crippen LogP contribution in [-0.2, 0) is 5.88 Å². The standard InChI is InChI=1S/C14H11Cl2NO3/c1-9-7-11(5-6-13(9)17(18)19)20-14-10(8-15)3-2-4-12(14)16/h2-7H,8H2,1H3. The molecule has 4 nitrogen and oxygen atoms in total. The normalized spacial score (nSPS) is 10.3. The van der Waals surface area contributed by atoms with Crippen molar-refractivity contribution in [2.24, 2.45) is 0 Å². The van der Waals surface area contributed by atoms with E-state index in [0.717, 1.165) is 5.56 Å². The highest BCUT2D eigenvalue weighted by molar-refractivity contribution is 6.32. The predicted molar refractivity (Wildman–Crippen MR) is 78.9 cm³/mol. The monoisotopic (exact) mass is 311 g/mol. The molecular weight excluding hydrogens is 301 g/mol. The summed E-state index contributed by atoms with van der Waals surface area (Å²) in [6.45, 7) is 1.65. The van der Waals surface area contributed by atoms with Gasteiger partial charge in [0.1, 0.15) is 11.5 Å². The molecule has 0 unspecified atom stereocenters. The highest BCUT2D eigenvalue weighted by atomic mass is 35.5. The van der Waals surface area contributed by atoms with Crippen molar-refractivity contribution in [3.05, 3.63) is 62.7 Å². The van der Waals surface area contributed by atoms with E-state index in [1.807, 2.05) is 6.07 Å². The fourth-order valence-electron chi connectivity index (χ4n) is 1.79. The summed E-state index contributed by atoms with van der Waals surface area (Å²) in [5.74, 6) is 1.21. The highest BCUT2D eigenvalue weighted by Crippen LogP contribution is 2.35. The third-order valence-corrected chi connectivity index (χ3v) is 3.36. The number of para-hydroxylation sites is 1. The van der Waals surface area contributed by atoms with Gasteiger partial charge in [0.15, 0.2) is 0 Å². The molecule has 0 aliphatic heterocycles. The lowest BCUT2D eigenvalue weighted by Crippen LogP contribution is -1.94. The summed E-state index contributed by atoms with van der Waals surface area (Å²) < 4.78 is 5.71. The van der Waals surface area contributed by atoms with Gasteiger partial charge in [0, 0.05) is 17.2 Å². The fourth-order valence-corrected chi connectivity index (χ4v) is 2.23. The number of hydrogen-bond acceptors (Lipinski definition) is 3. The van der Waals surface area contributed by atoms with Crippen LogP contribution in [0.5, 0.6) is 11.5 Å². The van der Waals surface area contributed by atoms with Crippen molar-refractivity contribution in [1.29, 1.82) is 0 Å². The Bertz CT molecular complexity index is 659. The molecular formula is C14H11Cl2NO3. The molecule has 0 bridgehead atoms. The molecule has 0 spiro atoms. The number of nitrogens with zero attached hydrogens (tertiary/aromatic N) is 1. The maximum atomic E-state index is 10.8. The van der Waals surface area contributed by atoms with Gasteiger partial charge < -0.3 is 4.74 Å². The second-order valence-corrected chi connectivity index (χ2v) is 4.84. The van der Waals surface area contributed by atoms with Crippen LogP contribution in [0.1, 0.15) is 11.1 Å². The summed E-state index contributed by atoms with van der Waals surface area (Å²) in [5.41, 5.74) is 1.33. The van der Waals surface area contributed by atoms with Gasteiger partial charge in [0.05, 0.1) is 15.8 Å². The Morgan fingerprint density at radius 1 is 1.30 bits per heavy atom. The first kappa shape index (κ1) is 14.6. The third kappa shape index (κ3) is 3.03. The van der Waals surface area contributed by atoms with Crippen molar-refractivity contribution < 1.29 is 9.66 Å². The molecule has 20 heavy (non-hydrogen) atoms. The SMILES string of the molecule is Cc1cc(Oc2c(Cl)cccc2CCl)ccc1[N+](=O)[O-]. The minimum Gasteiger partial charge on any atom is -0.455 e. The zero-order chi connectivity index (χ0) is 14.7. The summed E-state index contributed by atoms with van der Waals surface area (Å²) >= 11 is 11.9. The number of benzene rings is 2.